The van der Waals surface area contributed by atoms with Gasteiger partial charge in [0.25, 0.3) is 10.0 Å². The molecule has 1 aliphatic rings. The molecule has 8 nitrogen and oxygen atoms in total. The Bertz CT molecular complexity index is 1350. The van der Waals surface area contributed by atoms with Gasteiger partial charge in [0.2, 0.25) is 5.91 Å². The van der Waals surface area contributed by atoms with Crippen molar-refractivity contribution in [2.24, 2.45) is 0 Å². The van der Waals surface area contributed by atoms with Crippen molar-refractivity contribution in [3.05, 3.63) is 71.5 Å². The second-order valence-corrected chi connectivity index (χ2v) is 11.2. The van der Waals surface area contributed by atoms with Crippen molar-refractivity contribution >= 4 is 39.2 Å². The van der Waals surface area contributed by atoms with Crippen molar-refractivity contribution in [2.45, 2.75) is 54.9 Å². The molecule has 3 aromatic rings. The molecule has 186 valence electrons. The van der Waals surface area contributed by atoms with Gasteiger partial charge in [0, 0.05) is 29.8 Å². The summed E-state index contributed by atoms with van der Waals surface area (Å²) in [5.41, 5.74) is 3.32. The van der Waals surface area contributed by atoms with E-state index >= 15 is 0 Å². The molecule has 0 saturated carbocycles. The molecule has 0 saturated heterocycles. The van der Waals surface area contributed by atoms with E-state index < -0.39 is 10.0 Å². The van der Waals surface area contributed by atoms with E-state index in [-0.39, 0.29) is 23.0 Å². The van der Waals surface area contributed by atoms with Gasteiger partial charge in [-0.2, -0.15) is 5.26 Å². The molecule has 0 unspecified atom stereocenters. The molecule has 0 spiro atoms. The van der Waals surface area contributed by atoms with Crippen LogP contribution in [0, 0.1) is 11.3 Å². The molecule has 0 aliphatic heterocycles. The van der Waals surface area contributed by atoms with E-state index in [1.807, 2.05) is 6.07 Å². The molecule has 10 heteroatoms. The summed E-state index contributed by atoms with van der Waals surface area (Å²) in [6, 6.07) is 15.1. The lowest BCUT2D eigenvalue weighted by Gasteiger charge is -2.15. The van der Waals surface area contributed by atoms with Crippen LogP contribution in [0.2, 0.25) is 0 Å². The van der Waals surface area contributed by atoms with E-state index in [1.165, 1.54) is 48.5 Å². The van der Waals surface area contributed by atoms with Gasteiger partial charge >= 0.3 is 0 Å². The highest BCUT2D eigenvalue weighted by atomic mass is 32.2. The molecular formula is C26H27N5O3S2. The summed E-state index contributed by atoms with van der Waals surface area (Å²) in [6.07, 6.45) is 8.28. The molecule has 1 amide bonds. The Kier molecular flexibility index (Phi) is 8.57. The predicted molar refractivity (Wildman–Crippen MR) is 140 cm³/mol. The first-order valence-electron chi connectivity index (χ1n) is 11.8. The van der Waals surface area contributed by atoms with Gasteiger partial charge in [0.15, 0.2) is 0 Å². The van der Waals surface area contributed by atoms with E-state index in [0.29, 0.717) is 22.0 Å². The van der Waals surface area contributed by atoms with Gasteiger partial charge in [-0.1, -0.05) is 18.9 Å². The quantitative estimate of drug-likeness (QED) is 0.403. The lowest BCUT2D eigenvalue weighted by molar-refractivity contribution is -0.115. The fraction of sp³-hybridized carbons (Fsp3) is 0.308. The maximum absolute atomic E-state index is 12.5. The number of aromatic nitrogens is 2. The predicted octanol–water partition coefficient (Wildman–Crippen LogP) is 4.93. The zero-order valence-electron chi connectivity index (χ0n) is 19.7. The van der Waals surface area contributed by atoms with E-state index in [9.17, 15) is 18.5 Å². The Hall–Kier alpha value is -3.42. The van der Waals surface area contributed by atoms with Crippen molar-refractivity contribution in [3.63, 3.8) is 0 Å². The smallest absolute Gasteiger partial charge is 0.263 e. The summed E-state index contributed by atoms with van der Waals surface area (Å²) in [5.74, 6) is 0.508. The van der Waals surface area contributed by atoms with Gasteiger partial charge in [-0.15, -0.1) is 11.8 Å². The lowest BCUT2D eigenvalue weighted by atomic mass is 9.96. The number of pyridine rings is 2. The number of aryl methyl sites for hydroxylation is 2. The Morgan fingerprint density at radius 3 is 2.56 bits per heavy atom. The van der Waals surface area contributed by atoms with Crippen LogP contribution in [0.4, 0.5) is 11.5 Å². The monoisotopic (exact) mass is 521 g/mol. The maximum Gasteiger partial charge on any atom is 0.263 e. The van der Waals surface area contributed by atoms with Crippen LogP contribution in [0.1, 0.15) is 48.9 Å². The SMILES string of the molecule is N#Cc1cc2c(nc1SCCC(=O)Nc1ccc(S(=O)(=O)Nc3ccccn3)cc1)CCCCCC2. The highest BCUT2D eigenvalue weighted by Crippen LogP contribution is 2.27. The number of carbonyl (C=O) groups is 1. The lowest BCUT2D eigenvalue weighted by Crippen LogP contribution is -2.15. The number of fused-ring (bicyclic) bond motifs is 1. The van der Waals surface area contributed by atoms with Gasteiger partial charge in [0.05, 0.1) is 10.5 Å². The van der Waals surface area contributed by atoms with Crippen LogP contribution in [-0.2, 0) is 27.7 Å². The third-order valence-corrected chi connectivity index (χ3v) is 8.17. The fourth-order valence-electron chi connectivity index (χ4n) is 3.96. The van der Waals surface area contributed by atoms with E-state index in [0.717, 1.165) is 31.4 Å². The van der Waals surface area contributed by atoms with Crippen LogP contribution in [0.5, 0.6) is 0 Å². The molecule has 2 aromatic heterocycles. The molecule has 0 bridgehead atoms. The minimum atomic E-state index is -3.78. The number of hydrogen-bond acceptors (Lipinski definition) is 7. The van der Waals surface area contributed by atoms with Crippen molar-refractivity contribution in [2.75, 3.05) is 15.8 Å². The number of benzene rings is 1. The van der Waals surface area contributed by atoms with E-state index in [4.69, 9.17) is 4.98 Å². The standard InChI is InChI=1S/C26H27N5O3S2/c27-18-20-17-19-7-3-1-2-4-8-23(19)30-26(20)35-16-14-25(32)29-21-10-12-22(13-11-21)36(33,34)31-24-9-5-6-15-28-24/h5-6,9-13,15,17H,1-4,7-8,14,16H2,(H,28,31)(H,29,32). The molecule has 0 atom stereocenters. The second-order valence-electron chi connectivity index (χ2n) is 8.46. The van der Waals surface area contributed by atoms with Gasteiger partial charge in [0.1, 0.15) is 16.9 Å². The van der Waals surface area contributed by atoms with Crippen molar-refractivity contribution in [3.8, 4) is 6.07 Å². The molecule has 1 aromatic carbocycles. The Morgan fingerprint density at radius 2 is 1.83 bits per heavy atom. The molecule has 0 fully saturated rings. The molecule has 4 rings (SSSR count). The van der Waals surface area contributed by atoms with Gasteiger partial charge in [-0.25, -0.2) is 18.4 Å². The van der Waals surface area contributed by atoms with Crippen molar-refractivity contribution in [1.82, 2.24) is 9.97 Å². The number of rotatable bonds is 8. The van der Waals surface area contributed by atoms with Gasteiger partial charge in [-0.3, -0.25) is 9.52 Å². The third-order valence-electron chi connectivity index (χ3n) is 5.81. The maximum atomic E-state index is 12.5. The zero-order chi connectivity index (χ0) is 25.4. The molecule has 1 aliphatic carbocycles. The summed E-state index contributed by atoms with van der Waals surface area (Å²) in [6.45, 7) is 0. The number of anilines is 2. The first-order valence-corrected chi connectivity index (χ1v) is 14.3. The molecular weight excluding hydrogens is 494 g/mol. The number of hydrogen-bond donors (Lipinski definition) is 2. The average molecular weight is 522 g/mol. The average Bonchev–Trinajstić information content (AvgIpc) is 2.85. The number of sulfonamides is 1. The minimum absolute atomic E-state index is 0.0655. The summed E-state index contributed by atoms with van der Waals surface area (Å²) < 4.78 is 27.5. The summed E-state index contributed by atoms with van der Waals surface area (Å²) in [5, 5.41) is 13.0. The Balaban J connectivity index is 1.32. The topological polar surface area (TPSA) is 125 Å². The largest absolute Gasteiger partial charge is 0.326 e. The molecule has 2 N–H and O–H groups in total. The minimum Gasteiger partial charge on any atom is -0.326 e. The number of nitrogens with zero attached hydrogens (tertiary/aromatic N) is 3. The highest BCUT2D eigenvalue weighted by Gasteiger charge is 2.16. The summed E-state index contributed by atoms with van der Waals surface area (Å²) in [4.78, 5) is 21.2. The first kappa shape index (κ1) is 25.7. The van der Waals surface area contributed by atoms with Crippen LogP contribution in [0.25, 0.3) is 0 Å². The first-order chi connectivity index (χ1) is 17.4. The van der Waals surface area contributed by atoms with Crippen molar-refractivity contribution in [1.29, 1.82) is 5.26 Å². The number of carbonyl (C=O) groups excluding carboxylic acids is 1. The second kappa shape index (κ2) is 12.0. The number of nitrogens with one attached hydrogen (secondary N) is 2. The van der Waals surface area contributed by atoms with Crippen molar-refractivity contribution < 1.29 is 13.2 Å². The highest BCUT2D eigenvalue weighted by molar-refractivity contribution is 7.99. The van der Waals surface area contributed by atoms with Gasteiger partial charge < -0.3 is 5.32 Å². The van der Waals surface area contributed by atoms with E-state index in [2.05, 4.69) is 21.1 Å². The normalized spacial score (nSPS) is 13.5. The van der Waals surface area contributed by atoms with E-state index in [1.54, 1.807) is 30.3 Å². The summed E-state index contributed by atoms with van der Waals surface area (Å²) in [7, 11) is -3.78. The Morgan fingerprint density at radius 1 is 1.06 bits per heavy atom. The number of amides is 1. The summed E-state index contributed by atoms with van der Waals surface area (Å²) >= 11 is 1.41. The third kappa shape index (κ3) is 6.83. The van der Waals surface area contributed by atoms with Crippen LogP contribution in [-0.4, -0.2) is 30.0 Å². The number of nitriles is 1. The van der Waals surface area contributed by atoms with Crippen LogP contribution >= 0.6 is 11.8 Å². The fourth-order valence-corrected chi connectivity index (χ4v) is 5.88. The van der Waals surface area contributed by atoms with Gasteiger partial charge in [-0.05, 0) is 73.7 Å². The van der Waals surface area contributed by atoms with Crippen LogP contribution < -0.4 is 10.0 Å². The van der Waals surface area contributed by atoms with Crippen LogP contribution in [0.15, 0.2) is 64.6 Å². The zero-order valence-corrected chi connectivity index (χ0v) is 21.4. The molecule has 36 heavy (non-hydrogen) atoms. The Labute approximate surface area is 215 Å². The molecule has 2 heterocycles. The van der Waals surface area contributed by atoms with Crippen LogP contribution in [0.3, 0.4) is 0 Å². The molecule has 0 radical (unpaired) electrons. The number of thioether (sulfide) groups is 1.